The van der Waals surface area contributed by atoms with Crippen molar-refractivity contribution in [2.75, 3.05) is 6.61 Å². The Balaban J connectivity index is 3.48. The molecule has 0 aromatic heterocycles. The van der Waals surface area contributed by atoms with Gasteiger partial charge in [0.15, 0.2) is 0 Å². The first-order valence-corrected chi connectivity index (χ1v) is 7.65. The average Bonchev–Trinajstić information content (AvgIpc) is 2.37. The van der Waals surface area contributed by atoms with E-state index < -0.39 is 0 Å². The second kappa shape index (κ2) is 7.50. The summed E-state index contributed by atoms with van der Waals surface area (Å²) in [6, 6.07) is 4.62. The Hall–Kier alpha value is -1.26. The van der Waals surface area contributed by atoms with E-state index >= 15 is 0 Å². The molecule has 0 aliphatic heterocycles. The highest BCUT2D eigenvalue weighted by molar-refractivity contribution is 5.52. The van der Waals surface area contributed by atoms with Crippen molar-refractivity contribution in [2.24, 2.45) is 0 Å². The van der Waals surface area contributed by atoms with E-state index in [1.165, 1.54) is 22.3 Å². The molecule has 1 heteroatoms. The van der Waals surface area contributed by atoms with E-state index in [-0.39, 0.29) is 6.61 Å². The monoisotopic (exact) mass is 272 g/mol. The quantitative estimate of drug-likeness (QED) is 0.781. The highest BCUT2D eigenvalue weighted by Crippen LogP contribution is 2.31. The number of hydrogen-bond donors (Lipinski definition) is 1. The van der Waals surface area contributed by atoms with Crippen LogP contribution in [0.15, 0.2) is 12.1 Å². The lowest BCUT2D eigenvalue weighted by Gasteiger charge is -2.20. The number of hydrogen-bond acceptors (Lipinski definition) is 1. The lowest BCUT2D eigenvalue weighted by Crippen LogP contribution is -2.04. The summed E-state index contributed by atoms with van der Waals surface area (Å²) in [4.78, 5) is 0. The van der Waals surface area contributed by atoms with Gasteiger partial charge in [0.25, 0.3) is 0 Å². The van der Waals surface area contributed by atoms with Gasteiger partial charge < -0.3 is 5.11 Å². The Morgan fingerprint density at radius 2 is 1.40 bits per heavy atom. The molecule has 0 amide bonds. The van der Waals surface area contributed by atoms with Gasteiger partial charge in [-0.15, -0.1) is 0 Å². The van der Waals surface area contributed by atoms with Gasteiger partial charge in [0.1, 0.15) is 0 Å². The minimum atomic E-state index is 0.130. The molecule has 0 spiro atoms. The number of rotatable bonds is 4. The Bertz CT molecular complexity index is 469. The summed E-state index contributed by atoms with van der Waals surface area (Å²) in [5.74, 6) is 7.85. The van der Waals surface area contributed by atoms with E-state index in [1.807, 2.05) is 0 Å². The molecule has 0 fully saturated rings. The molecule has 0 saturated carbocycles. The zero-order valence-electron chi connectivity index (χ0n) is 13.7. The van der Waals surface area contributed by atoms with E-state index in [4.69, 9.17) is 5.11 Å². The van der Waals surface area contributed by atoms with Crippen LogP contribution in [-0.2, 0) is 0 Å². The molecule has 1 nitrogen and oxygen atoms in total. The molecule has 0 radical (unpaired) electrons. The molecule has 0 atom stereocenters. The average molecular weight is 272 g/mol. The van der Waals surface area contributed by atoms with Crippen LogP contribution >= 0.6 is 0 Å². The normalized spacial score (nSPS) is 11.1. The van der Waals surface area contributed by atoms with Crippen LogP contribution in [0.5, 0.6) is 0 Å². The summed E-state index contributed by atoms with van der Waals surface area (Å²) in [5, 5.41) is 8.92. The molecule has 0 saturated heterocycles. The zero-order chi connectivity index (χ0) is 15.3. The van der Waals surface area contributed by atoms with Crippen LogP contribution in [0.3, 0.4) is 0 Å². The number of aliphatic hydroxyl groups excluding tert-OH is 1. The molecule has 1 aromatic carbocycles. The molecule has 20 heavy (non-hydrogen) atoms. The van der Waals surface area contributed by atoms with Crippen LogP contribution in [0.1, 0.15) is 88.0 Å². The molecule has 1 N–H and O–H groups in total. The highest BCUT2D eigenvalue weighted by atomic mass is 16.2. The van der Waals surface area contributed by atoms with E-state index in [1.54, 1.807) is 0 Å². The smallest absolute Gasteiger partial charge is 0.0540 e. The summed E-state index contributed by atoms with van der Waals surface area (Å²) in [6.45, 7) is 13.5. The van der Waals surface area contributed by atoms with Crippen LogP contribution in [-0.4, -0.2) is 11.7 Å². The summed E-state index contributed by atoms with van der Waals surface area (Å²) < 4.78 is 0. The first-order chi connectivity index (χ1) is 9.38. The predicted molar refractivity (Wildman–Crippen MR) is 87.3 cm³/mol. The standard InChI is InChI=1S/C19H28O/c1-13(2)16-11-18(14(3)4)17(9-7-8-10-20)19(12-16)15(5)6/h11-15,20H,8,10H2,1-6H3. The number of benzene rings is 1. The molecule has 0 heterocycles. The van der Waals surface area contributed by atoms with Crippen LogP contribution in [0, 0.1) is 11.8 Å². The molecule has 110 valence electrons. The van der Waals surface area contributed by atoms with Crippen molar-refractivity contribution < 1.29 is 5.11 Å². The molecule has 0 aliphatic carbocycles. The van der Waals surface area contributed by atoms with Gasteiger partial charge in [0.2, 0.25) is 0 Å². The molecule has 1 aromatic rings. The van der Waals surface area contributed by atoms with Crippen molar-refractivity contribution in [1.29, 1.82) is 0 Å². The molecule has 0 unspecified atom stereocenters. The summed E-state index contributed by atoms with van der Waals surface area (Å²) in [7, 11) is 0. The SMILES string of the molecule is CC(C)c1cc(C(C)C)c(C#CCCO)c(C(C)C)c1. The van der Waals surface area contributed by atoms with Gasteiger partial charge >= 0.3 is 0 Å². The minimum Gasteiger partial charge on any atom is -0.395 e. The molecule has 1 rings (SSSR count). The second-order valence-corrected chi connectivity index (χ2v) is 6.31. The fraction of sp³-hybridized carbons (Fsp3) is 0.579. The molecular formula is C19H28O. The van der Waals surface area contributed by atoms with Crippen molar-refractivity contribution in [3.05, 3.63) is 34.4 Å². The predicted octanol–water partition coefficient (Wildman–Crippen LogP) is 4.79. The van der Waals surface area contributed by atoms with E-state index in [0.717, 1.165) is 0 Å². The maximum atomic E-state index is 8.92. The third-order valence-corrected chi connectivity index (χ3v) is 3.58. The van der Waals surface area contributed by atoms with E-state index in [2.05, 4.69) is 65.5 Å². The zero-order valence-corrected chi connectivity index (χ0v) is 13.7. The van der Waals surface area contributed by atoms with Gasteiger partial charge in [-0.1, -0.05) is 65.5 Å². The molecule has 0 bridgehead atoms. The van der Waals surface area contributed by atoms with Crippen LogP contribution in [0.2, 0.25) is 0 Å². The van der Waals surface area contributed by atoms with Gasteiger partial charge in [0, 0.05) is 12.0 Å². The lowest BCUT2D eigenvalue weighted by atomic mass is 9.84. The van der Waals surface area contributed by atoms with Crippen molar-refractivity contribution in [1.82, 2.24) is 0 Å². The first-order valence-electron chi connectivity index (χ1n) is 7.65. The topological polar surface area (TPSA) is 20.2 Å². The van der Waals surface area contributed by atoms with Crippen molar-refractivity contribution in [3.8, 4) is 11.8 Å². The third-order valence-electron chi connectivity index (χ3n) is 3.58. The Labute approximate surface area is 124 Å². The summed E-state index contributed by atoms with van der Waals surface area (Å²) >= 11 is 0. The van der Waals surface area contributed by atoms with Gasteiger partial charge in [-0.05, 0) is 34.4 Å². The van der Waals surface area contributed by atoms with E-state index in [0.29, 0.717) is 24.2 Å². The Morgan fingerprint density at radius 1 is 0.900 bits per heavy atom. The van der Waals surface area contributed by atoms with Crippen molar-refractivity contribution in [3.63, 3.8) is 0 Å². The first kappa shape index (κ1) is 16.8. The van der Waals surface area contributed by atoms with Gasteiger partial charge in [-0.3, -0.25) is 0 Å². The molecule has 0 aliphatic rings. The fourth-order valence-corrected chi connectivity index (χ4v) is 2.31. The number of aliphatic hydroxyl groups is 1. The van der Waals surface area contributed by atoms with Crippen LogP contribution < -0.4 is 0 Å². The van der Waals surface area contributed by atoms with Crippen LogP contribution in [0.4, 0.5) is 0 Å². The van der Waals surface area contributed by atoms with Crippen molar-refractivity contribution >= 4 is 0 Å². The summed E-state index contributed by atoms with van der Waals surface area (Å²) in [6.07, 6.45) is 0.543. The van der Waals surface area contributed by atoms with Gasteiger partial charge in [-0.25, -0.2) is 0 Å². The summed E-state index contributed by atoms with van der Waals surface area (Å²) in [5.41, 5.74) is 5.24. The van der Waals surface area contributed by atoms with E-state index in [9.17, 15) is 0 Å². The largest absolute Gasteiger partial charge is 0.395 e. The maximum Gasteiger partial charge on any atom is 0.0540 e. The molecular weight excluding hydrogens is 244 g/mol. The maximum absolute atomic E-state index is 8.92. The second-order valence-electron chi connectivity index (χ2n) is 6.31. The minimum absolute atomic E-state index is 0.130. The van der Waals surface area contributed by atoms with Gasteiger partial charge in [-0.2, -0.15) is 0 Å². The Kier molecular flexibility index (Phi) is 6.30. The fourth-order valence-electron chi connectivity index (χ4n) is 2.31. The van der Waals surface area contributed by atoms with Crippen LogP contribution in [0.25, 0.3) is 0 Å². The Morgan fingerprint density at radius 3 is 1.75 bits per heavy atom. The highest BCUT2D eigenvalue weighted by Gasteiger charge is 2.15. The van der Waals surface area contributed by atoms with Gasteiger partial charge in [0.05, 0.1) is 6.61 Å². The van der Waals surface area contributed by atoms with Crippen molar-refractivity contribution in [2.45, 2.75) is 65.7 Å². The lowest BCUT2D eigenvalue weighted by molar-refractivity contribution is 0.305. The third kappa shape index (κ3) is 4.12.